The molecule has 6 nitrogen and oxygen atoms in total. The summed E-state index contributed by atoms with van der Waals surface area (Å²) in [5, 5.41) is 2.94. The first kappa shape index (κ1) is 22.2. The molecule has 1 aliphatic rings. The van der Waals surface area contributed by atoms with Gasteiger partial charge in [0.1, 0.15) is 16.9 Å². The Labute approximate surface area is 167 Å². The lowest BCUT2D eigenvalue weighted by Crippen LogP contribution is -2.43. The maximum atomic E-state index is 13.0. The van der Waals surface area contributed by atoms with E-state index >= 15 is 0 Å². The van der Waals surface area contributed by atoms with Crippen molar-refractivity contribution in [1.29, 1.82) is 0 Å². The Hall–Kier alpha value is -2.08. The monoisotopic (exact) mass is 391 g/mol. The number of unbranched alkanes of at least 4 members (excludes halogenated alkanes) is 1. The zero-order valence-electron chi connectivity index (χ0n) is 17.3. The molecule has 0 radical (unpaired) electrons. The van der Waals surface area contributed by atoms with Gasteiger partial charge >= 0.3 is 5.97 Å². The minimum atomic E-state index is -0.767. The number of amides is 1. The van der Waals surface area contributed by atoms with Gasteiger partial charge in [-0.2, -0.15) is 0 Å². The van der Waals surface area contributed by atoms with Gasteiger partial charge in [-0.1, -0.05) is 20.3 Å². The number of hydrogen-bond donors (Lipinski definition) is 1. The molecule has 0 bridgehead atoms. The summed E-state index contributed by atoms with van der Waals surface area (Å²) in [4.78, 5) is 25.3. The first-order valence-corrected chi connectivity index (χ1v) is 10.5. The van der Waals surface area contributed by atoms with Crippen molar-refractivity contribution in [2.75, 3.05) is 25.1 Å². The lowest BCUT2D eigenvalue weighted by molar-refractivity contribution is -0.140. The second-order valence-electron chi connectivity index (χ2n) is 7.14. The number of nitrogens with one attached hydrogen (secondary N) is 1. The topological polar surface area (TPSA) is 73.9 Å². The van der Waals surface area contributed by atoms with E-state index in [4.69, 9.17) is 14.2 Å². The predicted octanol–water partition coefficient (Wildman–Crippen LogP) is 4.72. The van der Waals surface area contributed by atoms with Crippen LogP contribution in [0.1, 0.15) is 76.1 Å². The maximum Gasteiger partial charge on any atom is 0.341 e. The van der Waals surface area contributed by atoms with Crippen molar-refractivity contribution < 1.29 is 23.8 Å². The van der Waals surface area contributed by atoms with Gasteiger partial charge in [0, 0.05) is 12.3 Å². The fourth-order valence-electron chi connectivity index (χ4n) is 3.35. The summed E-state index contributed by atoms with van der Waals surface area (Å²) < 4.78 is 16.8. The molecule has 0 spiro atoms. The summed E-state index contributed by atoms with van der Waals surface area (Å²) >= 11 is 0. The highest BCUT2D eigenvalue weighted by molar-refractivity contribution is 6.00. The molecule has 1 aromatic rings. The molecule has 2 rings (SSSR count). The molecule has 6 heteroatoms. The molecular weight excluding hydrogens is 358 g/mol. The molecule has 0 unspecified atom stereocenters. The fraction of sp³-hybridized carbons (Fsp3) is 0.636. The molecule has 28 heavy (non-hydrogen) atoms. The zero-order valence-corrected chi connectivity index (χ0v) is 17.3. The zero-order chi connectivity index (χ0) is 20.4. The molecule has 0 heterocycles. The van der Waals surface area contributed by atoms with Crippen molar-refractivity contribution in [2.45, 2.75) is 71.3 Å². The highest BCUT2D eigenvalue weighted by Gasteiger charge is 2.42. The largest absolute Gasteiger partial charge is 0.493 e. The van der Waals surface area contributed by atoms with Crippen molar-refractivity contribution in [1.82, 2.24) is 0 Å². The molecule has 1 aliphatic carbocycles. The van der Waals surface area contributed by atoms with Crippen LogP contribution in [0.2, 0.25) is 0 Å². The second kappa shape index (κ2) is 11.1. The number of esters is 1. The summed E-state index contributed by atoms with van der Waals surface area (Å²) in [5.41, 5.74) is 0.101. The van der Waals surface area contributed by atoms with Gasteiger partial charge in [-0.3, -0.25) is 4.79 Å². The summed E-state index contributed by atoms with van der Waals surface area (Å²) in [5.74, 6) is -0.126. The van der Waals surface area contributed by atoms with Crippen molar-refractivity contribution in [2.24, 2.45) is 0 Å². The second-order valence-corrected chi connectivity index (χ2v) is 7.14. The summed E-state index contributed by atoms with van der Waals surface area (Å²) in [6, 6.07) is 5.09. The fourth-order valence-corrected chi connectivity index (χ4v) is 3.35. The SMILES string of the molecule is CCCCOc1ccc(NC(=O)C2(OCCC)CCCC2)cc1C(=O)OCC. The normalized spacial score (nSPS) is 15.2. The number of hydrogen-bond acceptors (Lipinski definition) is 5. The molecular formula is C22H33NO5. The van der Waals surface area contributed by atoms with E-state index in [1.807, 2.05) is 6.92 Å². The third-order valence-electron chi connectivity index (χ3n) is 4.90. The number of carbonyl (C=O) groups excluding carboxylic acids is 2. The van der Waals surface area contributed by atoms with E-state index in [0.29, 0.717) is 30.2 Å². The van der Waals surface area contributed by atoms with E-state index < -0.39 is 11.6 Å². The number of carbonyl (C=O) groups is 2. The predicted molar refractivity (Wildman–Crippen MR) is 109 cm³/mol. The molecule has 0 atom stereocenters. The maximum absolute atomic E-state index is 13.0. The smallest absolute Gasteiger partial charge is 0.341 e. The lowest BCUT2D eigenvalue weighted by atomic mass is 10.0. The molecule has 1 fully saturated rings. The third kappa shape index (κ3) is 5.71. The highest BCUT2D eigenvalue weighted by atomic mass is 16.5. The number of benzene rings is 1. The van der Waals surface area contributed by atoms with Crippen LogP contribution < -0.4 is 10.1 Å². The van der Waals surface area contributed by atoms with Crippen molar-refractivity contribution in [3.63, 3.8) is 0 Å². The van der Waals surface area contributed by atoms with Gasteiger partial charge in [0.25, 0.3) is 5.91 Å². The number of ether oxygens (including phenoxy) is 3. The van der Waals surface area contributed by atoms with Crippen LogP contribution in [0.15, 0.2) is 18.2 Å². The Morgan fingerprint density at radius 2 is 1.82 bits per heavy atom. The summed E-state index contributed by atoms with van der Waals surface area (Å²) in [6.07, 6.45) is 6.18. The Morgan fingerprint density at radius 3 is 2.46 bits per heavy atom. The average molecular weight is 392 g/mol. The van der Waals surface area contributed by atoms with Crippen LogP contribution >= 0.6 is 0 Å². The van der Waals surface area contributed by atoms with E-state index in [1.165, 1.54) is 0 Å². The molecule has 1 saturated carbocycles. The molecule has 0 aromatic heterocycles. The van der Waals surface area contributed by atoms with Gasteiger partial charge < -0.3 is 19.5 Å². The van der Waals surface area contributed by atoms with Crippen LogP contribution in [-0.4, -0.2) is 37.3 Å². The molecule has 0 saturated heterocycles. The lowest BCUT2D eigenvalue weighted by Gasteiger charge is -2.28. The van der Waals surface area contributed by atoms with Crippen LogP contribution in [0, 0.1) is 0 Å². The van der Waals surface area contributed by atoms with Gasteiger partial charge in [0.2, 0.25) is 0 Å². The first-order valence-electron chi connectivity index (χ1n) is 10.5. The van der Waals surface area contributed by atoms with E-state index in [-0.39, 0.29) is 12.5 Å². The van der Waals surface area contributed by atoms with Crippen LogP contribution in [0.3, 0.4) is 0 Å². The van der Waals surface area contributed by atoms with E-state index in [0.717, 1.165) is 44.9 Å². The Bertz CT molecular complexity index is 652. The number of rotatable bonds is 11. The average Bonchev–Trinajstić information content (AvgIpc) is 3.18. The van der Waals surface area contributed by atoms with Crippen LogP contribution in [0.4, 0.5) is 5.69 Å². The minimum Gasteiger partial charge on any atom is -0.493 e. The number of anilines is 1. The van der Waals surface area contributed by atoms with Crippen LogP contribution in [0.25, 0.3) is 0 Å². The molecule has 1 amide bonds. The van der Waals surface area contributed by atoms with E-state index in [2.05, 4.69) is 12.2 Å². The third-order valence-corrected chi connectivity index (χ3v) is 4.90. The molecule has 1 aromatic carbocycles. The molecule has 0 aliphatic heterocycles. The van der Waals surface area contributed by atoms with E-state index in [9.17, 15) is 9.59 Å². The summed E-state index contributed by atoms with van der Waals surface area (Å²) in [7, 11) is 0. The first-order chi connectivity index (χ1) is 13.6. The quantitative estimate of drug-likeness (QED) is 0.436. The van der Waals surface area contributed by atoms with Crippen LogP contribution in [-0.2, 0) is 14.3 Å². The highest BCUT2D eigenvalue weighted by Crippen LogP contribution is 2.35. The molecule has 156 valence electrons. The van der Waals surface area contributed by atoms with Crippen molar-refractivity contribution in [3.05, 3.63) is 23.8 Å². The van der Waals surface area contributed by atoms with Gasteiger partial charge in [-0.25, -0.2) is 4.79 Å². The van der Waals surface area contributed by atoms with E-state index in [1.54, 1.807) is 25.1 Å². The van der Waals surface area contributed by atoms with Crippen LogP contribution in [0.5, 0.6) is 5.75 Å². The Kier molecular flexibility index (Phi) is 8.77. The molecule has 1 N–H and O–H groups in total. The van der Waals surface area contributed by atoms with Crippen molar-refractivity contribution in [3.8, 4) is 5.75 Å². The van der Waals surface area contributed by atoms with Gasteiger partial charge in [-0.05, 0) is 63.6 Å². The Morgan fingerprint density at radius 1 is 1.07 bits per heavy atom. The standard InChI is InChI=1S/C22H33NO5/c1-4-7-15-27-19-11-10-17(16-18(19)20(24)26-6-3)23-21(25)22(28-14-5-2)12-8-9-13-22/h10-11,16H,4-9,12-15H2,1-3H3,(H,23,25). The van der Waals surface area contributed by atoms with Gasteiger partial charge in [0.05, 0.1) is 13.2 Å². The van der Waals surface area contributed by atoms with Gasteiger partial charge in [0.15, 0.2) is 0 Å². The van der Waals surface area contributed by atoms with Crippen molar-refractivity contribution >= 4 is 17.6 Å². The Balaban J connectivity index is 2.18. The summed E-state index contributed by atoms with van der Waals surface area (Å²) in [6.45, 7) is 7.24. The van der Waals surface area contributed by atoms with Gasteiger partial charge in [-0.15, -0.1) is 0 Å². The minimum absolute atomic E-state index is 0.145.